The summed E-state index contributed by atoms with van der Waals surface area (Å²) < 4.78 is 0. The number of likely N-dealkylation sites (tertiary alicyclic amines) is 1. The fraction of sp³-hybridized carbons (Fsp3) is 0.667. The molecule has 2 unspecified atom stereocenters. The van der Waals surface area contributed by atoms with E-state index in [1.807, 2.05) is 16.8 Å². The molecule has 1 aliphatic rings. The maximum Gasteiger partial charge on any atom is 0.236 e. The Hall–Kier alpha value is -1.49. The molecule has 1 amide bonds. The van der Waals surface area contributed by atoms with Crippen molar-refractivity contribution in [3.05, 3.63) is 24.3 Å². The van der Waals surface area contributed by atoms with E-state index < -0.39 is 0 Å². The van der Waals surface area contributed by atoms with Crippen LogP contribution in [0, 0.1) is 11.8 Å². The van der Waals surface area contributed by atoms with Crippen molar-refractivity contribution < 1.29 is 4.79 Å². The van der Waals surface area contributed by atoms with Crippen LogP contribution in [0.3, 0.4) is 0 Å². The molecule has 20 heavy (non-hydrogen) atoms. The molecule has 2 heterocycles. The van der Waals surface area contributed by atoms with Crippen LogP contribution in [-0.2, 0) is 11.3 Å². The van der Waals surface area contributed by atoms with E-state index in [4.69, 9.17) is 0 Å². The van der Waals surface area contributed by atoms with Gasteiger partial charge in [-0.15, -0.1) is 0 Å². The highest BCUT2D eigenvalue weighted by Gasteiger charge is 2.25. The average molecular weight is 276 g/mol. The Balaban J connectivity index is 1.84. The smallest absolute Gasteiger partial charge is 0.236 e. The first-order valence-electron chi connectivity index (χ1n) is 7.25. The van der Waals surface area contributed by atoms with Crippen LogP contribution in [0.25, 0.3) is 0 Å². The molecule has 5 heteroatoms. The lowest BCUT2D eigenvalue weighted by molar-refractivity contribution is -0.134. The van der Waals surface area contributed by atoms with Gasteiger partial charge in [0.1, 0.15) is 0 Å². The minimum Gasteiger partial charge on any atom is -0.341 e. The fourth-order valence-corrected chi connectivity index (χ4v) is 2.94. The predicted octanol–water partition coefficient (Wildman–Crippen LogP) is 1.41. The number of piperidine rings is 1. The van der Waals surface area contributed by atoms with Crippen molar-refractivity contribution in [2.75, 3.05) is 26.7 Å². The van der Waals surface area contributed by atoms with Gasteiger partial charge in [0.05, 0.1) is 12.2 Å². The SMILES string of the molecule is CC1CC(C)CN(C(=O)CN(C)Cc2cnccn2)C1. The van der Waals surface area contributed by atoms with Crippen molar-refractivity contribution in [1.29, 1.82) is 0 Å². The van der Waals surface area contributed by atoms with Crippen LogP contribution in [0.5, 0.6) is 0 Å². The van der Waals surface area contributed by atoms with Crippen molar-refractivity contribution in [2.24, 2.45) is 11.8 Å². The Labute approximate surface area is 121 Å². The van der Waals surface area contributed by atoms with E-state index >= 15 is 0 Å². The third kappa shape index (κ3) is 4.27. The summed E-state index contributed by atoms with van der Waals surface area (Å²) >= 11 is 0. The first kappa shape index (κ1) is 14.9. The number of aromatic nitrogens is 2. The fourth-order valence-electron chi connectivity index (χ4n) is 2.94. The lowest BCUT2D eigenvalue weighted by atomic mass is 9.92. The zero-order valence-corrected chi connectivity index (χ0v) is 12.6. The Bertz CT molecular complexity index is 427. The van der Waals surface area contributed by atoms with Gasteiger partial charge >= 0.3 is 0 Å². The largest absolute Gasteiger partial charge is 0.341 e. The van der Waals surface area contributed by atoms with Gasteiger partial charge in [-0.25, -0.2) is 0 Å². The van der Waals surface area contributed by atoms with Crippen molar-refractivity contribution in [3.8, 4) is 0 Å². The molecule has 110 valence electrons. The number of amides is 1. The number of carbonyl (C=O) groups is 1. The number of rotatable bonds is 4. The van der Waals surface area contributed by atoms with E-state index in [9.17, 15) is 4.79 Å². The molecule has 1 fully saturated rings. The molecule has 0 aliphatic carbocycles. The summed E-state index contributed by atoms with van der Waals surface area (Å²) in [5, 5.41) is 0. The van der Waals surface area contributed by atoms with Crippen molar-refractivity contribution in [1.82, 2.24) is 19.8 Å². The van der Waals surface area contributed by atoms with Gasteiger partial charge in [0.25, 0.3) is 0 Å². The summed E-state index contributed by atoms with van der Waals surface area (Å²) in [5.74, 6) is 1.43. The van der Waals surface area contributed by atoms with E-state index in [0.717, 1.165) is 18.8 Å². The molecule has 1 aromatic rings. The molecule has 0 saturated carbocycles. The molecule has 2 atom stereocenters. The lowest BCUT2D eigenvalue weighted by Gasteiger charge is -2.35. The third-order valence-corrected chi connectivity index (χ3v) is 3.68. The molecule has 1 aliphatic heterocycles. The summed E-state index contributed by atoms with van der Waals surface area (Å²) in [4.78, 5) is 24.6. The second-order valence-corrected chi connectivity index (χ2v) is 6.11. The topological polar surface area (TPSA) is 49.3 Å². The Morgan fingerprint density at radius 1 is 1.35 bits per heavy atom. The van der Waals surface area contributed by atoms with Crippen LogP contribution in [0.2, 0.25) is 0 Å². The molecular formula is C15H24N4O. The summed E-state index contributed by atoms with van der Waals surface area (Å²) in [6.45, 7) is 7.32. The number of carbonyl (C=O) groups excluding carboxylic acids is 1. The molecule has 0 aromatic carbocycles. The normalized spacial score (nSPS) is 23.1. The minimum absolute atomic E-state index is 0.217. The minimum atomic E-state index is 0.217. The van der Waals surface area contributed by atoms with E-state index in [0.29, 0.717) is 24.9 Å². The number of likely N-dealkylation sites (N-methyl/N-ethyl adjacent to an activating group) is 1. The number of nitrogens with zero attached hydrogens (tertiary/aromatic N) is 4. The second-order valence-electron chi connectivity index (χ2n) is 6.11. The van der Waals surface area contributed by atoms with Gasteiger partial charge < -0.3 is 4.90 Å². The number of hydrogen-bond acceptors (Lipinski definition) is 4. The van der Waals surface area contributed by atoms with Crippen LogP contribution in [0.4, 0.5) is 0 Å². The van der Waals surface area contributed by atoms with Crippen LogP contribution in [-0.4, -0.2) is 52.4 Å². The molecular weight excluding hydrogens is 252 g/mol. The van der Waals surface area contributed by atoms with Crippen LogP contribution < -0.4 is 0 Å². The summed E-state index contributed by atoms with van der Waals surface area (Å²) in [6, 6.07) is 0. The zero-order chi connectivity index (χ0) is 14.5. The van der Waals surface area contributed by atoms with E-state index in [1.54, 1.807) is 18.6 Å². The van der Waals surface area contributed by atoms with Crippen molar-refractivity contribution in [2.45, 2.75) is 26.8 Å². The van der Waals surface area contributed by atoms with E-state index in [-0.39, 0.29) is 5.91 Å². The van der Waals surface area contributed by atoms with Gasteiger partial charge in [0, 0.05) is 38.2 Å². The highest BCUT2D eigenvalue weighted by Crippen LogP contribution is 2.21. The van der Waals surface area contributed by atoms with Crippen LogP contribution >= 0.6 is 0 Å². The third-order valence-electron chi connectivity index (χ3n) is 3.68. The van der Waals surface area contributed by atoms with E-state index in [1.165, 1.54) is 6.42 Å². The summed E-state index contributed by atoms with van der Waals surface area (Å²) in [7, 11) is 1.95. The van der Waals surface area contributed by atoms with Crippen molar-refractivity contribution >= 4 is 5.91 Å². The standard InChI is InChI=1S/C15H24N4O/c1-12-6-13(2)9-19(8-12)15(20)11-18(3)10-14-7-16-4-5-17-14/h4-5,7,12-13H,6,8-11H2,1-3H3. The molecule has 1 saturated heterocycles. The van der Waals surface area contributed by atoms with Gasteiger partial charge in [-0.3, -0.25) is 19.7 Å². The molecule has 0 radical (unpaired) electrons. The lowest BCUT2D eigenvalue weighted by Crippen LogP contribution is -2.46. The Morgan fingerprint density at radius 2 is 2.05 bits per heavy atom. The van der Waals surface area contributed by atoms with Gasteiger partial charge in [0.15, 0.2) is 0 Å². The quantitative estimate of drug-likeness (QED) is 0.834. The number of hydrogen-bond donors (Lipinski definition) is 0. The van der Waals surface area contributed by atoms with Gasteiger partial charge in [-0.1, -0.05) is 13.8 Å². The van der Waals surface area contributed by atoms with Crippen molar-refractivity contribution in [3.63, 3.8) is 0 Å². The molecule has 2 rings (SSSR count). The van der Waals surface area contributed by atoms with Gasteiger partial charge in [0.2, 0.25) is 5.91 Å². The monoisotopic (exact) mass is 276 g/mol. The molecule has 0 bridgehead atoms. The maximum atomic E-state index is 12.3. The highest BCUT2D eigenvalue weighted by molar-refractivity contribution is 5.78. The Morgan fingerprint density at radius 3 is 2.65 bits per heavy atom. The van der Waals surface area contributed by atoms with Crippen LogP contribution in [0.1, 0.15) is 26.0 Å². The molecule has 1 aromatic heterocycles. The summed E-state index contributed by atoms with van der Waals surface area (Å²) in [6.07, 6.45) is 6.30. The summed E-state index contributed by atoms with van der Waals surface area (Å²) in [5.41, 5.74) is 0.892. The average Bonchev–Trinajstić information content (AvgIpc) is 2.38. The zero-order valence-electron chi connectivity index (χ0n) is 12.6. The maximum absolute atomic E-state index is 12.3. The first-order valence-corrected chi connectivity index (χ1v) is 7.25. The molecule has 5 nitrogen and oxygen atoms in total. The van der Waals surface area contributed by atoms with Gasteiger partial charge in [-0.05, 0) is 25.3 Å². The van der Waals surface area contributed by atoms with Crippen LogP contribution in [0.15, 0.2) is 18.6 Å². The first-order chi connectivity index (χ1) is 9.54. The predicted molar refractivity (Wildman–Crippen MR) is 77.9 cm³/mol. The molecule has 0 N–H and O–H groups in total. The Kier molecular flexibility index (Phi) is 5.06. The van der Waals surface area contributed by atoms with Gasteiger partial charge in [-0.2, -0.15) is 0 Å². The highest BCUT2D eigenvalue weighted by atomic mass is 16.2. The molecule has 0 spiro atoms. The second kappa shape index (κ2) is 6.79. The van der Waals surface area contributed by atoms with E-state index in [2.05, 4.69) is 23.8 Å².